The summed E-state index contributed by atoms with van der Waals surface area (Å²) in [6.07, 6.45) is -18.9. The van der Waals surface area contributed by atoms with Gasteiger partial charge in [0.2, 0.25) is 0 Å². The van der Waals surface area contributed by atoms with Gasteiger partial charge in [0.1, 0.15) is 47.1 Å². The first-order valence-corrected chi connectivity index (χ1v) is 21.0. The molecule has 1 rings (SSSR count). The Morgan fingerprint density at radius 1 is 0.381 bits per heavy atom. The Kier molecular flexibility index (Phi) is 15.6. The summed E-state index contributed by atoms with van der Waals surface area (Å²) in [6, 6.07) is 0. The van der Waals surface area contributed by atoms with Crippen LogP contribution in [0.2, 0.25) is 0 Å². The maximum Gasteiger partial charge on any atom is 0.660 e. The molecule has 1 aliphatic carbocycles. The lowest BCUT2D eigenvalue weighted by atomic mass is 9.85. The molecular weight excluding hydrogens is 762 g/mol. The molecule has 254 valence electrons. The Hall–Kier alpha value is 0.934. The first kappa shape index (κ1) is 42.9. The molecule has 0 saturated heterocycles. The van der Waals surface area contributed by atoms with Crippen LogP contribution in [0.15, 0.2) is 0 Å². The number of rotatable bonds is 13. The summed E-state index contributed by atoms with van der Waals surface area (Å²) in [4.78, 5) is 133. The summed E-state index contributed by atoms with van der Waals surface area (Å²) in [5.41, 5.74) is 0. The van der Waals surface area contributed by atoms with E-state index in [4.69, 9.17) is 73.1 Å². The summed E-state index contributed by atoms with van der Waals surface area (Å²) in [5.74, 6) is 0. The lowest BCUT2D eigenvalue weighted by Gasteiger charge is -2.48. The fourth-order valence-corrected chi connectivity index (χ4v) is 6.14. The fraction of sp³-hybridized carbons (Fsp3) is 1.00. The maximum absolute atomic E-state index is 11.4. The Morgan fingerprint density at radius 3 is 0.524 bits per heavy atom. The zero-order valence-electron chi connectivity index (χ0n) is 19.7. The van der Waals surface area contributed by atoms with E-state index >= 15 is 0 Å². The largest absolute Gasteiger partial charge is 0.660 e. The van der Waals surface area contributed by atoms with Gasteiger partial charge in [-0.05, 0) is 0 Å². The zero-order chi connectivity index (χ0) is 33.9. The summed E-state index contributed by atoms with van der Waals surface area (Å²) in [6.45, 7) is 0. The smallest absolute Gasteiger partial charge is 0.403 e. The Labute approximate surface area is 235 Å². The number of hydrogen-bond acceptors (Lipinski definition) is 16. The molecular formula is C6H24O28P6Si2. The van der Waals surface area contributed by atoms with Crippen molar-refractivity contribution in [2.45, 2.75) is 36.6 Å². The third-order valence-corrected chi connectivity index (χ3v) is 9.07. The van der Waals surface area contributed by atoms with Gasteiger partial charge in [-0.1, -0.05) is 0 Å². The van der Waals surface area contributed by atoms with E-state index in [1.165, 1.54) is 0 Å². The SMILES string of the molecule is O=P(O)(O)O[C@H]1[C@H](OP(=O)(O)O)[C@@H](OP(=O)(O)O)[C@H](OP(=O)(O)O)[C@@H](OP(=O)(O)O)[C@H]1OP(=O)(O)O.O[Si](O)(O)O[SiH3]. The van der Waals surface area contributed by atoms with Crippen LogP contribution in [0.4, 0.5) is 0 Å². The Balaban J connectivity index is 0.00000252. The first-order valence-electron chi connectivity index (χ1n) is 9.29. The topological polar surface area (TPSA) is 470 Å². The van der Waals surface area contributed by atoms with Gasteiger partial charge in [-0.3, -0.25) is 27.1 Å². The summed E-state index contributed by atoms with van der Waals surface area (Å²) in [5, 5.41) is 0. The second-order valence-corrected chi connectivity index (χ2v) is 17.1. The van der Waals surface area contributed by atoms with Gasteiger partial charge in [-0.2, -0.15) is 0 Å². The molecule has 0 bridgehead atoms. The van der Waals surface area contributed by atoms with E-state index in [1.54, 1.807) is 0 Å². The standard InChI is InChI=1S/C6H18O24P6.H6O4Si2/c7-31(8,9)25-1-2(26-32(10,11)12)4(28-34(16,17)18)6(30-36(22,23)24)5(29-35(19,20)21)3(1)27-33(13,14)15;1-6(2,3)4-5/h1-6H,(H2,7,8,9)(H2,10,11,12)(H2,13,14,15)(H2,16,17,18)(H2,19,20,21)(H2,22,23,24);1-3H,5H3/t1-,2-,3-,4+,5-,6-;. The molecule has 0 aliphatic heterocycles. The first-order chi connectivity index (χ1) is 18.1. The van der Waals surface area contributed by atoms with Crippen molar-refractivity contribution in [1.29, 1.82) is 0 Å². The quantitative estimate of drug-likeness (QED) is 0.0609. The van der Waals surface area contributed by atoms with Crippen LogP contribution in [-0.2, 0) is 58.6 Å². The maximum atomic E-state index is 11.4. The molecule has 1 fully saturated rings. The minimum Gasteiger partial charge on any atom is -0.403 e. The van der Waals surface area contributed by atoms with Gasteiger partial charge >= 0.3 is 56.0 Å². The predicted octanol–water partition coefficient (Wildman–Crippen LogP) is -6.44. The van der Waals surface area contributed by atoms with Crippen LogP contribution in [0.3, 0.4) is 0 Å². The van der Waals surface area contributed by atoms with E-state index in [0.717, 1.165) is 0 Å². The van der Waals surface area contributed by atoms with Crippen molar-refractivity contribution in [3.8, 4) is 0 Å². The molecule has 36 heteroatoms. The highest BCUT2D eigenvalue weighted by atomic mass is 31.2. The molecule has 1 saturated carbocycles. The molecule has 0 unspecified atom stereocenters. The molecule has 0 amide bonds. The van der Waals surface area contributed by atoms with Gasteiger partial charge < -0.3 is 77.2 Å². The van der Waals surface area contributed by atoms with Gasteiger partial charge in [0.25, 0.3) is 0 Å². The average molecular weight is 786 g/mol. The molecule has 0 aromatic carbocycles. The molecule has 15 N–H and O–H groups in total. The summed E-state index contributed by atoms with van der Waals surface area (Å²) in [7, 11) is -40.0. The van der Waals surface area contributed by atoms with E-state index in [0.29, 0.717) is 0 Å². The van der Waals surface area contributed by atoms with Crippen molar-refractivity contribution < 1.29 is 132 Å². The molecule has 28 nitrogen and oxygen atoms in total. The van der Waals surface area contributed by atoms with E-state index < -0.39 is 92.6 Å². The highest BCUT2D eigenvalue weighted by Gasteiger charge is 2.62. The molecule has 0 heterocycles. The van der Waals surface area contributed by atoms with Crippen molar-refractivity contribution in [3.05, 3.63) is 0 Å². The molecule has 0 aromatic rings. The monoisotopic (exact) mass is 786 g/mol. The van der Waals surface area contributed by atoms with Crippen LogP contribution in [0.25, 0.3) is 0 Å². The van der Waals surface area contributed by atoms with Crippen LogP contribution >= 0.6 is 46.9 Å². The van der Waals surface area contributed by atoms with Gasteiger partial charge in [0.05, 0.1) is 0 Å². The molecule has 0 radical (unpaired) electrons. The highest BCUT2D eigenvalue weighted by Crippen LogP contribution is 2.57. The van der Waals surface area contributed by atoms with Crippen molar-refractivity contribution in [3.63, 3.8) is 0 Å². The van der Waals surface area contributed by atoms with Gasteiger partial charge in [-0.15, -0.1) is 0 Å². The zero-order valence-corrected chi connectivity index (χ0v) is 28.0. The molecule has 1 aliphatic rings. The number of phosphoric acid groups is 6. The molecule has 42 heavy (non-hydrogen) atoms. The Morgan fingerprint density at radius 2 is 0.476 bits per heavy atom. The van der Waals surface area contributed by atoms with Crippen LogP contribution in [-0.4, -0.2) is 129 Å². The second-order valence-electron chi connectivity index (χ2n) is 7.14. The van der Waals surface area contributed by atoms with Gasteiger partial charge in [-0.25, -0.2) is 27.4 Å². The summed E-state index contributed by atoms with van der Waals surface area (Å²) >= 11 is 0. The summed E-state index contributed by atoms with van der Waals surface area (Å²) < 4.78 is 97.0. The van der Waals surface area contributed by atoms with Crippen LogP contribution in [0, 0.1) is 0 Å². The van der Waals surface area contributed by atoms with Crippen molar-refractivity contribution in [2.75, 3.05) is 0 Å². The van der Waals surface area contributed by atoms with Crippen molar-refractivity contribution in [1.82, 2.24) is 0 Å². The number of phosphoric ester groups is 6. The van der Waals surface area contributed by atoms with Crippen LogP contribution in [0.1, 0.15) is 0 Å². The predicted molar refractivity (Wildman–Crippen MR) is 125 cm³/mol. The van der Waals surface area contributed by atoms with Crippen LogP contribution in [0.5, 0.6) is 0 Å². The molecule has 0 aromatic heterocycles. The average Bonchev–Trinajstić information content (AvgIpc) is 2.64. The third-order valence-electron chi connectivity index (χ3n) is 3.77. The Bertz CT molecular complexity index is 933. The van der Waals surface area contributed by atoms with Crippen molar-refractivity contribution >= 4 is 66.5 Å². The van der Waals surface area contributed by atoms with Crippen molar-refractivity contribution in [2.24, 2.45) is 0 Å². The van der Waals surface area contributed by atoms with Crippen LogP contribution < -0.4 is 0 Å². The van der Waals surface area contributed by atoms with E-state index in [1.807, 2.05) is 0 Å². The van der Waals surface area contributed by atoms with Gasteiger partial charge in [0.15, 0.2) is 0 Å². The minimum atomic E-state index is -6.02. The fourth-order valence-electron chi connectivity index (χ4n) is 2.79. The lowest BCUT2D eigenvalue weighted by molar-refractivity contribution is -0.202. The second kappa shape index (κ2) is 15.2. The van der Waals surface area contributed by atoms with E-state index in [-0.39, 0.29) is 10.5 Å². The third kappa shape index (κ3) is 19.4. The van der Waals surface area contributed by atoms with E-state index in [9.17, 15) is 27.4 Å². The normalized spacial score (nSPS) is 26.9. The molecule has 0 atom stereocenters. The lowest BCUT2D eigenvalue weighted by Crippen LogP contribution is -2.66. The van der Waals surface area contributed by atoms with Gasteiger partial charge in [0, 0.05) is 0 Å². The highest BCUT2D eigenvalue weighted by molar-refractivity contribution is 7.47. The minimum absolute atomic E-state index is 0.160. The van der Waals surface area contributed by atoms with E-state index in [2.05, 4.69) is 31.3 Å². The molecule has 0 spiro atoms. The number of hydrogen-bond donors (Lipinski definition) is 15.